The van der Waals surface area contributed by atoms with Crippen LogP contribution in [0.2, 0.25) is 5.02 Å². The number of benzene rings is 1. The molecule has 0 unspecified atom stereocenters. The molecule has 1 heterocycles. The molecule has 132 valence electrons. The van der Waals surface area contributed by atoms with E-state index in [1.54, 1.807) is 22.9 Å². The minimum absolute atomic E-state index is 0.0314. The van der Waals surface area contributed by atoms with Crippen molar-refractivity contribution in [3.8, 4) is 5.75 Å². The Balaban J connectivity index is 1.88. The molecule has 3 amide bonds. The minimum Gasteiger partial charge on any atom is -0.494 e. The zero-order valence-corrected chi connectivity index (χ0v) is 14.9. The Morgan fingerprint density at radius 3 is 2.92 bits per heavy atom. The van der Waals surface area contributed by atoms with E-state index >= 15 is 0 Å². The summed E-state index contributed by atoms with van der Waals surface area (Å²) >= 11 is 6.03. The van der Waals surface area contributed by atoms with Crippen LogP contribution >= 0.6 is 11.6 Å². The van der Waals surface area contributed by atoms with Crippen molar-refractivity contribution in [2.75, 3.05) is 39.8 Å². The number of urea groups is 1. The maximum absolute atomic E-state index is 12.3. The number of carbonyl (C=O) groups excluding carboxylic acids is 2. The third-order valence-electron chi connectivity index (χ3n) is 3.95. The molecule has 1 aliphatic heterocycles. The van der Waals surface area contributed by atoms with E-state index in [9.17, 15) is 9.59 Å². The Labute approximate surface area is 147 Å². The lowest BCUT2D eigenvalue weighted by atomic mass is 10.1. The maximum atomic E-state index is 12.3. The highest BCUT2D eigenvalue weighted by Gasteiger charge is 2.22. The average Bonchev–Trinajstić information content (AvgIpc) is 2.72. The molecule has 0 radical (unpaired) electrons. The summed E-state index contributed by atoms with van der Waals surface area (Å²) in [6.07, 6.45) is 1.40. The molecule has 1 aromatic rings. The highest BCUT2D eigenvalue weighted by Crippen LogP contribution is 2.23. The molecule has 0 atom stereocenters. The van der Waals surface area contributed by atoms with Gasteiger partial charge >= 0.3 is 6.03 Å². The van der Waals surface area contributed by atoms with Gasteiger partial charge in [0.05, 0.1) is 6.61 Å². The Hall–Kier alpha value is -1.95. The molecule has 6 nitrogen and oxygen atoms in total. The van der Waals surface area contributed by atoms with E-state index < -0.39 is 0 Å². The SMILES string of the molecule is CCOc1ccc(Cl)cc1CCNC(=O)N1CCCN(C)C(=O)C1. The maximum Gasteiger partial charge on any atom is 0.317 e. The zero-order valence-electron chi connectivity index (χ0n) is 14.2. The summed E-state index contributed by atoms with van der Waals surface area (Å²) in [5, 5.41) is 3.51. The van der Waals surface area contributed by atoms with E-state index in [1.807, 2.05) is 19.1 Å². The molecule has 0 spiro atoms. The van der Waals surface area contributed by atoms with Crippen molar-refractivity contribution >= 4 is 23.5 Å². The molecule has 1 N–H and O–H groups in total. The number of nitrogens with one attached hydrogen (secondary N) is 1. The van der Waals surface area contributed by atoms with Crippen LogP contribution in [0, 0.1) is 0 Å². The second-order valence-electron chi connectivity index (χ2n) is 5.76. The third-order valence-corrected chi connectivity index (χ3v) is 4.19. The first-order valence-electron chi connectivity index (χ1n) is 8.19. The van der Waals surface area contributed by atoms with Crippen LogP contribution < -0.4 is 10.1 Å². The van der Waals surface area contributed by atoms with Crippen LogP contribution in [-0.2, 0) is 11.2 Å². The lowest BCUT2D eigenvalue weighted by molar-refractivity contribution is -0.129. The van der Waals surface area contributed by atoms with Crippen LogP contribution in [0.3, 0.4) is 0 Å². The number of amides is 3. The Kier molecular flexibility index (Phi) is 6.73. The van der Waals surface area contributed by atoms with Gasteiger partial charge in [-0.1, -0.05) is 11.6 Å². The number of halogens is 1. The molecule has 0 aromatic heterocycles. The molecular formula is C17H24ClN3O3. The largest absolute Gasteiger partial charge is 0.494 e. The van der Waals surface area contributed by atoms with E-state index in [-0.39, 0.29) is 18.5 Å². The Morgan fingerprint density at radius 2 is 2.17 bits per heavy atom. The van der Waals surface area contributed by atoms with Crippen molar-refractivity contribution in [1.29, 1.82) is 0 Å². The fourth-order valence-corrected chi connectivity index (χ4v) is 2.81. The standard InChI is InChI=1S/C17H24ClN3O3/c1-3-24-15-6-5-14(18)11-13(15)7-8-19-17(23)21-10-4-9-20(2)16(22)12-21/h5-6,11H,3-4,7-10,12H2,1-2H3,(H,19,23). The minimum atomic E-state index is -0.210. The molecule has 0 aliphatic carbocycles. The Bertz CT molecular complexity index is 594. The van der Waals surface area contributed by atoms with Crippen molar-refractivity contribution < 1.29 is 14.3 Å². The smallest absolute Gasteiger partial charge is 0.317 e. The summed E-state index contributed by atoms with van der Waals surface area (Å²) < 4.78 is 5.58. The zero-order chi connectivity index (χ0) is 17.5. The number of likely N-dealkylation sites (N-methyl/N-ethyl adjacent to an activating group) is 1. The van der Waals surface area contributed by atoms with Gasteiger partial charge in [-0.2, -0.15) is 0 Å². The first-order chi connectivity index (χ1) is 11.5. The molecule has 7 heteroatoms. The number of rotatable bonds is 5. The van der Waals surface area contributed by atoms with Gasteiger partial charge in [-0.25, -0.2) is 4.79 Å². The lowest BCUT2D eigenvalue weighted by Crippen LogP contribution is -2.44. The summed E-state index contributed by atoms with van der Waals surface area (Å²) in [6, 6.07) is 5.27. The molecule has 1 aliphatic rings. The third kappa shape index (κ3) is 5.03. The summed E-state index contributed by atoms with van der Waals surface area (Å²) in [7, 11) is 1.76. The van der Waals surface area contributed by atoms with Gasteiger partial charge in [0.1, 0.15) is 12.3 Å². The number of nitrogens with zero attached hydrogens (tertiary/aromatic N) is 2. The highest BCUT2D eigenvalue weighted by atomic mass is 35.5. The monoisotopic (exact) mass is 353 g/mol. The van der Waals surface area contributed by atoms with Gasteiger partial charge in [-0.05, 0) is 43.5 Å². The van der Waals surface area contributed by atoms with Crippen molar-refractivity contribution in [3.05, 3.63) is 28.8 Å². The molecular weight excluding hydrogens is 330 g/mol. The lowest BCUT2D eigenvalue weighted by Gasteiger charge is -2.20. The second-order valence-corrected chi connectivity index (χ2v) is 6.19. The van der Waals surface area contributed by atoms with Gasteiger partial charge in [-0.3, -0.25) is 4.79 Å². The summed E-state index contributed by atoms with van der Waals surface area (Å²) in [5.74, 6) is 0.749. The summed E-state index contributed by atoms with van der Waals surface area (Å²) in [5.41, 5.74) is 0.955. The van der Waals surface area contributed by atoms with E-state index in [2.05, 4.69) is 5.32 Å². The van der Waals surface area contributed by atoms with E-state index in [0.29, 0.717) is 37.7 Å². The molecule has 0 saturated carbocycles. The van der Waals surface area contributed by atoms with Crippen LogP contribution in [0.1, 0.15) is 18.9 Å². The number of ether oxygens (including phenoxy) is 1. The van der Waals surface area contributed by atoms with Crippen molar-refractivity contribution in [2.24, 2.45) is 0 Å². The van der Waals surface area contributed by atoms with E-state index in [0.717, 1.165) is 17.7 Å². The molecule has 2 rings (SSSR count). The van der Waals surface area contributed by atoms with Gasteiger partial charge < -0.3 is 19.9 Å². The van der Waals surface area contributed by atoms with Crippen molar-refractivity contribution in [2.45, 2.75) is 19.8 Å². The van der Waals surface area contributed by atoms with Crippen molar-refractivity contribution in [1.82, 2.24) is 15.1 Å². The first kappa shape index (κ1) is 18.4. The molecule has 1 fully saturated rings. The van der Waals surface area contributed by atoms with Crippen LogP contribution in [0.15, 0.2) is 18.2 Å². The number of hydrogen-bond acceptors (Lipinski definition) is 3. The average molecular weight is 354 g/mol. The van der Waals surface area contributed by atoms with Gasteiger partial charge in [0.25, 0.3) is 0 Å². The molecule has 1 saturated heterocycles. The normalized spacial score (nSPS) is 15.2. The van der Waals surface area contributed by atoms with E-state index in [4.69, 9.17) is 16.3 Å². The first-order valence-corrected chi connectivity index (χ1v) is 8.57. The topological polar surface area (TPSA) is 61.9 Å². The van der Waals surface area contributed by atoms with Crippen LogP contribution in [0.4, 0.5) is 4.79 Å². The molecule has 1 aromatic carbocycles. The van der Waals surface area contributed by atoms with Gasteiger partial charge in [-0.15, -0.1) is 0 Å². The fourth-order valence-electron chi connectivity index (χ4n) is 2.62. The van der Waals surface area contributed by atoms with Crippen LogP contribution in [0.25, 0.3) is 0 Å². The van der Waals surface area contributed by atoms with Gasteiger partial charge in [0.15, 0.2) is 0 Å². The van der Waals surface area contributed by atoms with Crippen molar-refractivity contribution in [3.63, 3.8) is 0 Å². The summed E-state index contributed by atoms with van der Waals surface area (Å²) in [6.45, 7) is 4.35. The second kappa shape index (κ2) is 8.78. The quantitative estimate of drug-likeness (QED) is 0.882. The van der Waals surface area contributed by atoms with Gasteiger partial charge in [0, 0.05) is 31.7 Å². The predicted octanol–water partition coefficient (Wildman–Crippen LogP) is 2.15. The number of carbonyl (C=O) groups is 2. The van der Waals surface area contributed by atoms with Crippen LogP contribution in [-0.4, -0.2) is 61.6 Å². The fraction of sp³-hybridized carbons (Fsp3) is 0.529. The molecule has 0 bridgehead atoms. The molecule has 24 heavy (non-hydrogen) atoms. The van der Waals surface area contributed by atoms with E-state index in [1.165, 1.54) is 0 Å². The number of hydrogen-bond donors (Lipinski definition) is 1. The van der Waals surface area contributed by atoms with Crippen LogP contribution in [0.5, 0.6) is 5.75 Å². The Morgan fingerprint density at radius 1 is 1.38 bits per heavy atom. The predicted molar refractivity (Wildman–Crippen MR) is 93.6 cm³/mol. The van der Waals surface area contributed by atoms with Gasteiger partial charge in [0.2, 0.25) is 5.91 Å². The summed E-state index contributed by atoms with van der Waals surface area (Å²) in [4.78, 5) is 27.3. The highest BCUT2D eigenvalue weighted by molar-refractivity contribution is 6.30.